The minimum atomic E-state index is -0.137. The summed E-state index contributed by atoms with van der Waals surface area (Å²) in [5.74, 6) is 0. The second-order valence-corrected chi connectivity index (χ2v) is 16.0. The van der Waals surface area contributed by atoms with Gasteiger partial charge in [-0.05, 0) is 86.3 Å². The Balaban J connectivity index is 1.13. The summed E-state index contributed by atoms with van der Waals surface area (Å²) >= 11 is 0. The predicted octanol–water partition coefficient (Wildman–Crippen LogP) is 13.9. The van der Waals surface area contributed by atoms with E-state index in [2.05, 4.69) is 199 Å². The number of nitrogens with zero attached hydrogens (tertiary/aromatic N) is 4. The van der Waals surface area contributed by atoms with Gasteiger partial charge in [0.15, 0.2) is 0 Å². The maximum atomic E-state index is 11.0. The summed E-state index contributed by atoms with van der Waals surface area (Å²) in [6.07, 6.45) is 0. The molecule has 11 rings (SSSR count). The molecule has 0 aliphatic rings. The van der Waals surface area contributed by atoms with Crippen molar-refractivity contribution in [1.29, 1.82) is 10.5 Å². The molecule has 0 unspecified atom stereocenters. The SMILES string of the molecule is CC(C)(c1ccccc1)c1ccc(-c2ccc3c(c2)c2c4ccccc4ccc2n3-c2cc(C#N)c(-n3c4ccccc4c4c5ccccc5ccc43)cc2C#N)cc1. The van der Waals surface area contributed by atoms with Crippen LogP contribution in [0.25, 0.3) is 87.7 Å². The fraction of sp³-hybridized carbons (Fsp3) is 0.0545. The first-order valence-corrected chi connectivity index (χ1v) is 20.0. The normalized spacial score (nSPS) is 11.9. The summed E-state index contributed by atoms with van der Waals surface area (Å²) < 4.78 is 4.33. The van der Waals surface area contributed by atoms with Gasteiger partial charge in [-0.1, -0.05) is 153 Å². The zero-order valence-electron chi connectivity index (χ0n) is 32.6. The lowest BCUT2D eigenvalue weighted by Crippen LogP contribution is -2.18. The Morgan fingerprint density at radius 3 is 1.44 bits per heavy atom. The molecule has 11 aromatic rings. The van der Waals surface area contributed by atoms with Crippen LogP contribution in [-0.2, 0) is 5.41 Å². The van der Waals surface area contributed by atoms with Gasteiger partial charge in [0.05, 0.1) is 44.6 Å². The van der Waals surface area contributed by atoms with Crippen LogP contribution in [0.3, 0.4) is 0 Å². The van der Waals surface area contributed by atoms with E-state index in [4.69, 9.17) is 0 Å². The van der Waals surface area contributed by atoms with Gasteiger partial charge in [-0.3, -0.25) is 0 Å². The van der Waals surface area contributed by atoms with Crippen LogP contribution in [0, 0.1) is 22.7 Å². The van der Waals surface area contributed by atoms with Crippen LogP contribution in [0.4, 0.5) is 0 Å². The quantitative estimate of drug-likeness (QED) is 0.176. The van der Waals surface area contributed by atoms with Gasteiger partial charge in [0.25, 0.3) is 0 Å². The highest BCUT2D eigenvalue weighted by Gasteiger charge is 2.24. The molecule has 0 aliphatic heterocycles. The highest BCUT2D eigenvalue weighted by molar-refractivity contribution is 6.23. The van der Waals surface area contributed by atoms with Crippen molar-refractivity contribution >= 4 is 65.2 Å². The number of fused-ring (bicyclic) bond motifs is 10. The topological polar surface area (TPSA) is 57.4 Å². The summed E-state index contributed by atoms with van der Waals surface area (Å²) in [6.45, 7) is 4.54. The summed E-state index contributed by atoms with van der Waals surface area (Å²) in [4.78, 5) is 0. The molecule has 0 fully saturated rings. The molecular formula is C55H36N4. The monoisotopic (exact) mass is 752 g/mol. The van der Waals surface area contributed by atoms with E-state index in [1.165, 1.54) is 11.1 Å². The van der Waals surface area contributed by atoms with Gasteiger partial charge >= 0.3 is 0 Å². The van der Waals surface area contributed by atoms with E-state index in [9.17, 15) is 10.5 Å². The van der Waals surface area contributed by atoms with Crippen molar-refractivity contribution in [2.24, 2.45) is 0 Å². The number of aromatic nitrogens is 2. The molecular weight excluding hydrogens is 717 g/mol. The van der Waals surface area contributed by atoms with E-state index < -0.39 is 0 Å². The number of para-hydroxylation sites is 1. The lowest BCUT2D eigenvalue weighted by molar-refractivity contribution is 0.641. The fourth-order valence-corrected chi connectivity index (χ4v) is 9.46. The molecule has 0 bridgehead atoms. The Labute approximate surface area is 341 Å². The first kappa shape index (κ1) is 34.3. The average Bonchev–Trinajstić information content (AvgIpc) is 3.82. The molecule has 0 atom stereocenters. The number of nitriles is 2. The van der Waals surface area contributed by atoms with Crippen molar-refractivity contribution in [3.05, 3.63) is 204 Å². The van der Waals surface area contributed by atoms with Gasteiger partial charge in [0.2, 0.25) is 0 Å². The van der Waals surface area contributed by atoms with Crippen molar-refractivity contribution < 1.29 is 0 Å². The van der Waals surface area contributed by atoms with Crippen LogP contribution >= 0.6 is 0 Å². The second-order valence-electron chi connectivity index (χ2n) is 16.0. The Bertz CT molecular complexity index is 3590. The van der Waals surface area contributed by atoms with Crippen LogP contribution in [-0.4, -0.2) is 9.13 Å². The minimum absolute atomic E-state index is 0.137. The van der Waals surface area contributed by atoms with Gasteiger partial charge in [0, 0.05) is 27.0 Å². The van der Waals surface area contributed by atoms with Crippen molar-refractivity contribution in [3.8, 4) is 34.6 Å². The van der Waals surface area contributed by atoms with Crippen molar-refractivity contribution in [3.63, 3.8) is 0 Å². The lowest BCUT2D eigenvalue weighted by atomic mass is 9.78. The van der Waals surface area contributed by atoms with Crippen molar-refractivity contribution in [1.82, 2.24) is 9.13 Å². The van der Waals surface area contributed by atoms with Gasteiger partial charge in [0.1, 0.15) is 12.1 Å². The molecule has 0 saturated carbocycles. The highest BCUT2D eigenvalue weighted by Crippen LogP contribution is 2.42. The van der Waals surface area contributed by atoms with E-state index in [0.29, 0.717) is 22.5 Å². The largest absolute Gasteiger partial charge is 0.308 e. The third kappa shape index (κ3) is 5.14. The first-order valence-electron chi connectivity index (χ1n) is 20.0. The van der Waals surface area contributed by atoms with Crippen LogP contribution in [0.15, 0.2) is 182 Å². The molecule has 9 aromatic carbocycles. The van der Waals surface area contributed by atoms with Crippen LogP contribution in [0.1, 0.15) is 36.1 Å². The van der Waals surface area contributed by atoms with E-state index in [-0.39, 0.29) is 5.41 Å². The molecule has 276 valence electrons. The Morgan fingerprint density at radius 1 is 0.390 bits per heavy atom. The summed E-state index contributed by atoms with van der Waals surface area (Å²) in [7, 11) is 0. The molecule has 0 amide bonds. The zero-order chi connectivity index (χ0) is 39.8. The van der Waals surface area contributed by atoms with E-state index in [1.807, 2.05) is 18.2 Å². The molecule has 2 aromatic heterocycles. The zero-order valence-corrected chi connectivity index (χ0v) is 32.6. The molecule has 0 saturated heterocycles. The molecule has 4 nitrogen and oxygen atoms in total. The van der Waals surface area contributed by atoms with Gasteiger partial charge < -0.3 is 9.13 Å². The van der Waals surface area contributed by atoms with Crippen LogP contribution in [0.2, 0.25) is 0 Å². The Kier molecular flexibility index (Phi) is 7.61. The van der Waals surface area contributed by atoms with Crippen LogP contribution < -0.4 is 0 Å². The lowest BCUT2D eigenvalue weighted by Gasteiger charge is -2.26. The number of benzene rings is 9. The maximum absolute atomic E-state index is 11.0. The molecule has 0 N–H and O–H groups in total. The molecule has 0 aliphatic carbocycles. The molecule has 0 radical (unpaired) electrons. The van der Waals surface area contributed by atoms with Gasteiger partial charge in [-0.25, -0.2) is 0 Å². The first-order chi connectivity index (χ1) is 28.9. The summed E-state index contributed by atoms with van der Waals surface area (Å²) in [5.41, 5.74) is 10.9. The van der Waals surface area contributed by atoms with E-state index in [0.717, 1.165) is 76.3 Å². The third-order valence-corrected chi connectivity index (χ3v) is 12.5. The van der Waals surface area contributed by atoms with Crippen molar-refractivity contribution in [2.75, 3.05) is 0 Å². The summed E-state index contributed by atoms with van der Waals surface area (Å²) in [5, 5.41) is 30.9. The van der Waals surface area contributed by atoms with E-state index >= 15 is 0 Å². The van der Waals surface area contributed by atoms with Gasteiger partial charge in [-0.15, -0.1) is 0 Å². The Hall–Kier alpha value is -7.92. The molecule has 2 heterocycles. The average molecular weight is 753 g/mol. The highest BCUT2D eigenvalue weighted by atomic mass is 15.0. The number of rotatable bonds is 5. The van der Waals surface area contributed by atoms with Gasteiger partial charge in [-0.2, -0.15) is 10.5 Å². The third-order valence-electron chi connectivity index (χ3n) is 12.5. The number of hydrogen-bond donors (Lipinski definition) is 0. The molecule has 59 heavy (non-hydrogen) atoms. The van der Waals surface area contributed by atoms with Crippen molar-refractivity contribution in [2.45, 2.75) is 19.3 Å². The van der Waals surface area contributed by atoms with E-state index in [1.54, 1.807) is 0 Å². The maximum Gasteiger partial charge on any atom is 0.101 e. The summed E-state index contributed by atoms with van der Waals surface area (Å²) in [6, 6.07) is 68.9. The Morgan fingerprint density at radius 2 is 0.847 bits per heavy atom. The fourth-order valence-electron chi connectivity index (χ4n) is 9.46. The number of hydrogen-bond acceptors (Lipinski definition) is 2. The standard InChI is InChI=1S/C55H36N4/c1-55(2,41-14-4-3-5-15-41)42-25-20-35(21-26-42)38-24-27-48-46(30-38)54-44-17-9-7-13-37(44)23-29-50(54)59(48)52-32-39(33-56)51(31-40(52)34-57)58-47-19-11-10-18-45(47)53-43-16-8-6-12-36(43)22-28-49(53)58/h3-32H,1-2H3. The smallest absolute Gasteiger partial charge is 0.101 e. The molecule has 4 heteroatoms. The minimum Gasteiger partial charge on any atom is -0.308 e. The van der Waals surface area contributed by atoms with Crippen LogP contribution in [0.5, 0.6) is 0 Å². The predicted molar refractivity (Wildman–Crippen MR) is 244 cm³/mol. The second kappa shape index (κ2) is 13.1. The molecule has 0 spiro atoms.